The van der Waals surface area contributed by atoms with Crippen molar-refractivity contribution in [3.8, 4) is 0 Å². The van der Waals surface area contributed by atoms with Gasteiger partial charge in [0.15, 0.2) is 0 Å². The molecule has 0 fully saturated rings. The topological polar surface area (TPSA) is 0 Å². The monoisotopic (exact) mass is 161 g/mol. The molecule has 0 aromatic carbocycles. The molecule has 1 radical (unpaired) electrons. The minimum absolute atomic E-state index is 1.05. The first-order valence-electron chi connectivity index (χ1n) is 4.45. The third-order valence-electron chi connectivity index (χ3n) is 2.27. The SMILES string of the molecule is C=C1C[CH]C(C)=C1CC=C(C)C. The highest BCUT2D eigenvalue weighted by Gasteiger charge is 2.13. The van der Waals surface area contributed by atoms with Gasteiger partial charge >= 0.3 is 0 Å². The summed E-state index contributed by atoms with van der Waals surface area (Å²) in [6.07, 6.45) is 6.64. The summed E-state index contributed by atoms with van der Waals surface area (Å²) in [7, 11) is 0. The second-order valence-electron chi connectivity index (χ2n) is 3.66. The third kappa shape index (κ3) is 2.10. The van der Waals surface area contributed by atoms with Crippen molar-refractivity contribution in [2.24, 2.45) is 0 Å². The molecule has 0 heteroatoms. The van der Waals surface area contributed by atoms with E-state index < -0.39 is 0 Å². The number of rotatable bonds is 2. The lowest BCUT2D eigenvalue weighted by Gasteiger charge is -2.01. The summed E-state index contributed by atoms with van der Waals surface area (Å²) in [5.74, 6) is 0. The molecule has 1 aliphatic carbocycles. The van der Waals surface area contributed by atoms with E-state index in [1.807, 2.05) is 0 Å². The second-order valence-corrected chi connectivity index (χ2v) is 3.66. The Labute approximate surface area is 75.7 Å². The maximum Gasteiger partial charge on any atom is -0.00907 e. The quantitative estimate of drug-likeness (QED) is 0.540. The molecule has 0 unspecified atom stereocenters. The van der Waals surface area contributed by atoms with Crippen molar-refractivity contribution in [1.29, 1.82) is 0 Å². The standard InChI is InChI=1S/C12H17/c1-9(2)5-8-12-10(3)6-7-11(12)4/h5,7H,3,6,8H2,1-2,4H3. The van der Waals surface area contributed by atoms with E-state index in [-0.39, 0.29) is 0 Å². The average Bonchev–Trinajstić information content (AvgIpc) is 2.28. The predicted octanol–water partition coefficient (Wildman–Crippen LogP) is 3.82. The Morgan fingerprint density at radius 3 is 2.67 bits per heavy atom. The molecule has 0 amide bonds. The Balaban J connectivity index is 2.68. The fourth-order valence-corrected chi connectivity index (χ4v) is 1.41. The molecule has 0 nitrogen and oxygen atoms in total. The zero-order chi connectivity index (χ0) is 9.14. The van der Waals surface area contributed by atoms with E-state index in [2.05, 4.69) is 39.8 Å². The van der Waals surface area contributed by atoms with Crippen LogP contribution in [0, 0.1) is 6.42 Å². The molecular weight excluding hydrogens is 144 g/mol. The van der Waals surface area contributed by atoms with Crippen LogP contribution in [0.4, 0.5) is 0 Å². The smallest absolute Gasteiger partial charge is 0.00907 e. The van der Waals surface area contributed by atoms with Crippen molar-refractivity contribution in [2.75, 3.05) is 0 Å². The van der Waals surface area contributed by atoms with Crippen LogP contribution < -0.4 is 0 Å². The molecule has 0 bridgehead atoms. The van der Waals surface area contributed by atoms with Gasteiger partial charge in [-0.25, -0.2) is 0 Å². The van der Waals surface area contributed by atoms with E-state index in [9.17, 15) is 0 Å². The molecule has 0 saturated carbocycles. The molecule has 1 aliphatic rings. The van der Waals surface area contributed by atoms with Gasteiger partial charge in [-0.1, -0.05) is 29.4 Å². The van der Waals surface area contributed by atoms with Gasteiger partial charge in [-0.3, -0.25) is 0 Å². The Hall–Kier alpha value is -0.780. The third-order valence-corrected chi connectivity index (χ3v) is 2.27. The van der Waals surface area contributed by atoms with Crippen LogP contribution in [-0.4, -0.2) is 0 Å². The maximum atomic E-state index is 4.05. The fraction of sp³-hybridized carbons (Fsp3) is 0.417. The lowest BCUT2D eigenvalue weighted by atomic mass is 10.0. The summed E-state index contributed by atoms with van der Waals surface area (Å²) in [4.78, 5) is 0. The first kappa shape index (κ1) is 9.31. The zero-order valence-electron chi connectivity index (χ0n) is 8.28. The molecular formula is C12H17. The minimum Gasteiger partial charge on any atom is -0.0955 e. The molecule has 0 N–H and O–H groups in total. The van der Waals surface area contributed by atoms with Gasteiger partial charge in [0.05, 0.1) is 0 Å². The number of allylic oxidation sites excluding steroid dienone is 5. The molecule has 0 spiro atoms. The van der Waals surface area contributed by atoms with Crippen molar-refractivity contribution >= 4 is 0 Å². The molecule has 0 aromatic rings. The van der Waals surface area contributed by atoms with Crippen molar-refractivity contribution < 1.29 is 0 Å². The van der Waals surface area contributed by atoms with Crippen LogP contribution in [0.3, 0.4) is 0 Å². The van der Waals surface area contributed by atoms with E-state index in [1.165, 1.54) is 22.3 Å². The highest BCUT2D eigenvalue weighted by atomic mass is 14.2. The summed E-state index contributed by atoms with van der Waals surface area (Å²) in [6.45, 7) is 10.5. The summed E-state index contributed by atoms with van der Waals surface area (Å²) >= 11 is 0. The Morgan fingerprint density at radius 1 is 1.58 bits per heavy atom. The molecule has 12 heavy (non-hydrogen) atoms. The van der Waals surface area contributed by atoms with E-state index >= 15 is 0 Å². The summed E-state index contributed by atoms with van der Waals surface area (Å²) in [5.41, 5.74) is 5.54. The molecule has 0 atom stereocenters. The van der Waals surface area contributed by atoms with E-state index in [4.69, 9.17) is 0 Å². The van der Waals surface area contributed by atoms with Crippen LogP contribution >= 0.6 is 0 Å². The second kappa shape index (κ2) is 3.75. The van der Waals surface area contributed by atoms with E-state index in [0.29, 0.717) is 0 Å². The maximum absolute atomic E-state index is 4.05. The van der Waals surface area contributed by atoms with Crippen LogP contribution in [0.25, 0.3) is 0 Å². The largest absolute Gasteiger partial charge is 0.0955 e. The Morgan fingerprint density at radius 2 is 2.25 bits per heavy atom. The van der Waals surface area contributed by atoms with Gasteiger partial charge in [0.25, 0.3) is 0 Å². The highest BCUT2D eigenvalue weighted by Crippen LogP contribution is 2.31. The van der Waals surface area contributed by atoms with Crippen LogP contribution in [0.5, 0.6) is 0 Å². The van der Waals surface area contributed by atoms with Gasteiger partial charge in [-0.15, -0.1) is 0 Å². The van der Waals surface area contributed by atoms with E-state index in [0.717, 1.165) is 12.8 Å². The first-order valence-corrected chi connectivity index (χ1v) is 4.45. The van der Waals surface area contributed by atoms with Crippen LogP contribution in [0.15, 0.2) is 34.9 Å². The van der Waals surface area contributed by atoms with Crippen LogP contribution in [0.1, 0.15) is 33.6 Å². The lowest BCUT2D eigenvalue weighted by molar-refractivity contribution is 1.16. The summed E-state index contributed by atoms with van der Waals surface area (Å²) in [6, 6.07) is 0. The van der Waals surface area contributed by atoms with Crippen molar-refractivity contribution in [3.63, 3.8) is 0 Å². The van der Waals surface area contributed by atoms with Crippen LogP contribution in [0.2, 0.25) is 0 Å². The number of hydrogen-bond acceptors (Lipinski definition) is 0. The first-order chi connectivity index (χ1) is 5.61. The van der Waals surface area contributed by atoms with Gasteiger partial charge in [0.2, 0.25) is 0 Å². The lowest BCUT2D eigenvalue weighted by Crippen LogP contribution is -1.81. The van der Waals surface area contributed by atoms with Crippen molar-refractivity contribution in [1.82, 2.24) is 0 Å². The fourth-order valence-electron chi connectivity index (χ4n) is 1.41. The van der Waals surface area contributed by atoms with Crippen LogP contribution in [-0.2, 0) is 0 Å². The molecule has 1 rings (SSSR count). The highest BCUT2D eigenvalue weighted by molar-refractivity contribution is 5.45. The van der Waals surface area contributed by atoms with Crippen molar-refractivity contribution in [3.05, 3.63) is 41.4 Å². The molecule has 0 aromatic heterocycles. The molecule has 0 saturated heterocycles. The van der Waals surface area contributed by atoms with Gasteiger partial charge < -0.3 is 0 Å². The molecule has 0 heterocycles. The molecule has 65 valence electrons. The normalized spacial score (nSPS) is 17.1. The van der Waals surface area contributed by atoms with E-state index in [1.54, 1.807) is 0 Å². The molecule has 0 aliphatic heterocycles. The average molecular weight is 161 g/mol. The van der Waals surface area contributed by atoms with Gasteiger partial charge in [0, 0.05) is 0 Å². The van der Waals surface area contributed by atoms with Gasteiger partial charge in [0.1, 0.15) is 0 Å². The Kier molecular flexibility index (Phi) is 2.91. The Bertz CT molecular complexity index is 247. The van der Waals surface area contributed by atoms with Gasteiger partial charge in [-0.05, 0) is 45.6 Å². The summed E-state index contributed by atoms with van der Waals surface area (Å²) in [5, 5.41) is 0. The number of hydrogen-bond donors (Lipinski definition) is 0. The summed E-state index contributed by atoms with van der Waals surface area (Å²) < 4.78 is 0. The predicted molar refractivity (Wildman–Crippen MR) is 54.8 cm³/mol. The minimum atomic E-state index is 1.05. The van der Waals surface area contributed by atoms with Crippen molar-refractivity contribution in [2.45, 2.75) is 33.6 Å². The zero-order valence-corrected chi connectivity index (χ0v) is 8.28. The van der Waals surface area contributed by atoms with Gasteiger partial charge in [-0.2, -0.15) is 0 Å².